The Morgan fingerprint density at radius 2 is 1.95 bits per heavy atom. The summed E-state index contributed by atoms with van der Waals surface area (Å²) in [4.78, 5) is 15.3. The van der Waals surface area contributed by atoms with Gasteiger partial charge in [-0.25, -0.2) is 9.97 Å². The van der Waals surface area contributed by atoms with Gasteiger partial charge >= 0.3 is 0 Å². The van der Waals surface area contributed by atoms with Gasteiger partial charge in [-0.15, -0.1) is 0 Å². The summed E-state index contributed by atoms with van der Waals surface area (Å²) in [7, 11) is 0. The van der Waals surface area contributed by atoms with Crippen molar-refractivity contribution in [1.29, 1.82) is 0 Å². The summed E-state index contributed by atoms with van der Waals surface area (Å²) in [6, 6.07) is 6.42. The van der Waals surface area contributed by atoms with Crippen LogP contribution < -0.4 is 4.90 Å². The molecular formula is C16H20N4. The first-order chi connectivity index (χ1) is 9.72. The Morgan fingerprint density at radius 1 is 1.10 bits per heavy atom. The number of anilines is 1. The Bertz CT molecular complexity index is 545. The molecule has 2 aromatic rings. The highest BCUT2D eigenvalue weighted by atomic mass is 15.2. The summed E-state index contributed by atoms with van der Waals surface area (Å²) in [5.74, 6) is 1.62. The van der Waals surface area contributed by atoms with Crippen LogP contribution in [0.1, 0.15) is 35.7 Å². The number of hydrogen-bond acceptors (Lipinski definition) is 4. The molecule has 104 valence electrons. The van der Waals surface area contributed by atoms with Gasteiger partial charge in [-0.1, -0.05) is 0 Å². The van der Waals surface area contributed by atoms with Crippen LogP contribution in [0.2, 0.25) is 0 Å². The first-order valence-electron chi connectivity index (χ1n) is 7.18. The molecule has 0 N–H and O–H groups in total. The molecule has 0 bridgehead atoms. The molecule has 0 aliphatic carbocycles. The molecule has 4 heteroatoms. The van der Waals surface area contributed by atoms with Crippen LogP contribution in [0.4, 0.5) is 5.82 Å². The molecule has 0 radical (unpaired) electrons. The molecule has 1 atom stereocenters. The Balaban J connectivity index is 1.80. The summed E-state index contributed by atoms with van der Waals surface area (Å²) in [6.45, 7) is 6.17. The monoisotopic (exact) mass is 268 g/mol. The number of aromatic nitrogens is 3. The van der Waals surface area contributed by atoms with E-state index in [-0.39, 0.29) is 0 Å². The maximum absolute atomic E-state index is 4.41. The molecule has 2 aromatic heterocycles. The Morgan fingerprint density at radius 3 is 2.75 bits per heavy atom. The largest absolute Gasteiger partial charge is 0.356 e. The van der Waals surface area contributed by atoms with Crippen molar-refractivity contribution in [2.75, 3.05) is 18.0 Å². The van der Waals surface area contributed by atoms with Crippen LogP contribution in [0, 0.1) is 13.8 Å². The molecule has 0 amide bonds. The molecular weight excluding hydrogens is 248 g/mol. The van der Waals surface area contributed by atoms with Crippen molar-refractivity contribution in [3.8, 4) is 0 Å². The first kappa shape index (κ1) is 13.0. The molecule has 1 aliphatic heterocycles. The lowest BCUT2D eigenvalue weighted by Crippen LogP contribution is -2.35. The molecule has 0 spiro atoms. The minimum Gasteiger partial charge on any atom is -0.356 e. The average molecular weight is 268 g/mol. The van der Waals surface area contributed by atoms with Crippen LogP contribution in [0.3, 0.4) is 0 Å². The van der Waals surface area contributed by atoms with Crippen LogP contribution in [0.15, 0.2) is 30.7 Å². The molecule has 1 aliphatic rings. The zero-order valence-electron chi connectivity index (χ0n) is 12.1. The minimum atomic E-state index is 0.570. The summed E-state index contributed by atoms with van der Waals surface area (Å²) in [5.41, 5.74) is 3.52. The lowest BCUT2D eigenvalue weighted by molar-refractivity contribution is 0.506. The second-order valence-corrected chi connectivity index (χ2v) is 5.53. The van der Waals surface area contributed by atoms with Gasteiger partial charge < -0.3 is 4.90 Å². The van der Waals surface area contributed by atoms with Crippen LogP contribution in [-0.4, -0.2) is 28.0 Å². The van der Waals surface area contributed by atoms with E-state index in [0.29, 0.717) is 5.92 Å². The number of hydrogen-bond donors (Lipinski definition) is 0. The van der Waals surface area contributed by atoms with Crippen LogP contribution in [0.25, 0.3) is 0 Å². The van der Waals surface area contributed by atoms with Crippen molar-refractivity contribution in [1.82, 2.24) is 15.0 Å². The Kier molecular flexibility index (Phi) is 3.63. The van der Waals surface area contributed by atoms with Crippen LogP contribution in [-0.2, 0) is 0 Å². The molecule has 0 saturated carbocycles. The number of piperidine rings is 1. The average Bonchev–Trinajstić information content (AvgIpc) is 2.47. The van der Waals surface area contributed by atoms with E-state index in [1.807, 2.05) is 13.1 Å². The molecule has 0 unspecified atom stereocenters. The van der Waals surface area contributed by atoms with Crippen molar-refractivity contribution in [3.63, 3.8) is 0 Å². The highest BCUT2D eigenvalue weighted by Gasteiger charge is 2.22. The van der Waals surface area contributed by atoms with Gasteiger partial charge in [0.1, 0.15) is 12.1 Å². The third-order valence-corrected chi connectivity index (χ3v) is 3.93. The molecule has 4 nitrogen and oxygen atoms in total. The molecule has 20 heavy (non-hydrogen) atoms. The van der Waals surface area contributed by atoms with E-state index in [4.69, 9.17) is 0 Å². The van der Waals surface area contributed by atoms with Gasteiger partial charge in [0.2, 0.25) is 0 Å². The normalized spacial score (nSPS) is 19.1. The topological polar surface area (TPSA) is 41.9 Å². The zero-order chi connectivity index (χ0) is 13.9. The summed E-state index contributed by atoms with van der Waals surface area (Å²) in [6.07, 6.45) is 6.02. The van der Waals surface area contributed by atoms with E-state index >= 15 is 0 Å². The molecule has 3 heterocycles. The first-order valence-corrected chi connectivity index (χ1v) is 7.18. The molecule has 1 saturated heterocycles. The Labute approximate surface area is 119 Å². The van der Waals surface area contributed by atoms with E-state index in [1.54, 1.807) is 6.33 Å². The van der Waals surface area contributed by atoms with E-state index < -0.39 is 0 Å². The van der Waals surface area contributed by atoms with Gasteiger partial charge in [0, 0.05) is 42.7 Å². The van der Waals surface area contributed by atoms with Crippen molar-refractivity contribution in [2.45, 2.75) is 32.6 Å². The van der Waals surface area contributed by atoms with Crippen LogP contribution >= 0.6 is 0 Å². The van der Waals surface area contributed by atoms with Crippen molar-refractivity contribution in [2.24, 2.45) is 0 Å². The molecule has 1 fully saturated rings. The van der Waals surface area contributed by atoms with E-state index in [0.717, 1.165) is 30.3 Å². The van der Waals surface area contributed by atoms with E-state index in [1.165, 1.54) is 18.4 Å². The molecule has 3 rings (SSSR count). The third kappa shape index (κ3) is 2.79. The Hall–Kier alpha value is -1.97. The lowest BCUT2D eigenvalue weighted by atomic mass is 9.91. The lowest BCUT2D eigenvalue weighted by Gasteiger charge is -2.34. The van der Waals surface area contributed by atoms with Crippen molar-refractivity contribution < 1.29 is 0 Å². The van der Waals surface area contributed by atoms with E-state index in [2.05, 4.69) is 45.0 Å². The molecule has 0 aromatic carbocycles. The number of aryl methyl sites for hydroxylation is 2. The van der Waals surface area contributed by atoms with Crippen LogP contribution in [0.5, 0.6) is 0 Å². The van der Waals surface area contributed by atoms with Crippen molar-refractivity contribution >= 4 is 5.82 Å². The zero-order valence-corrected chi connectivity index (χ0v) is 12.1. The predicted molar refractivity (Wildman–Crippen MR) is 79.9 cm³/mol. The maximum atomic E-state index is 4.41. The van der Waals surface area contributed by atoms with Gasteiger partial charge in [-0.2, -0.15) is 0 Å². The van der Waals surface area contributed by atoms with E-state index in [9.17, 15) is 0 Å². The fourth-order valence-corrected chi connectivity index (χ4v) is 2.89. The number of nitrogens with zero attached hydrogens (tertiary/aromatic N) is 4. The summed E-state index contributed by atoms with van der Waals surface area (Å²) in [5, 5.41) is 0. The highest BCUT2D eigenvalue weighted by Crippen LogP contribution is 2.29. The summed E-state index contributed by atoms with van der Waals surface area (Å²) < 4.78 is 0. The highest BCUT2D eigenvalue weighted by molar-refractivity contribution is 5.40. The third-order valence-electron chi connectivity index (χ3n) is 3.93. The number of rotatable bonds is 2. The minimum absolute atomic E-state index is 0.570. The number of pyridine rings is 1. The second kappa shape index (κ2) is 5.57. The van der Waals surface area contributed by atoms with Crippen molar-refractivity contribution in [3.05, 3.63) is 47.7 Å². The smallest absolute Gasteiger partial charge is 0.132 e. The van der Waals surface area contributed by atoms with Gasteiger partial charge in [0.15, 0.2) is 0 Å². The van der Waals surface area contributed by atoms with Gasteiger partial charge in [0.25, 0.3) is 0 Å². The van der Waals surface area contributed by atoms with Gasteiger partial charge in [0.05, 0.1) is 0 Å². The predicted octanol–water partition coefficient (Wildman–Crippen LogP) is 2.87. The maximum Gasteiger partial charge on any atom is 0.132 e. The quantitative estimate of drug-likeness (QED) is 0.840. The SMILES string of the molecule is Cc1cc([C@H]2CCCN(c3cc(C)ncn3)C2)ccn1. The summed E-state index contributed by atoms with van der Waals surface area (Å²) >= 11 is 0. The fraction of sp³-hybridized carbons (Fsp3) is 0.438. The second-order valence-electron chi connectivity index (χ2n) is 5.53. The fourth-order valence-electron chi connectivity index (χ4n) is 2.89. The van der Waals surface area contributed by atoms with Gasteiger partial charge in [-0.3, -0.25) is 4.98 Å². The standard InChI is InChI=1S/C16H20N4/c1-12-8-14(5-6-17-12)15-4-3-7-20(10-15)16-9-13(2)18-11-19-16/h5-6,8-9,11,15H,3-4,7,10H2,1-2H3/t15-/m0/s1. The van der Waals surface area contributed by atoms with Gasteiger partial charge in [-0.05, 0) is 44.4 Å².